The van der Waals surface area contributed by atoms with E-state index in [0.717, 1.165) is 11.6 Å². The number of halogens is 3. The fourth-order valence-electron chi connectivity index (χ4n) is 3.81. The first-order valence-corrected chi connectivity index (χ1v) is 9.79. The van der Waals surface area contributed by atoms with E-state index in [1.54, 1.807) is 30.9 Å². The van der Waals surface area contributed by atoms with Crippen molar-refractivity contribution in [3.63, 3.8) is 0 Å². The zero-order valence-corrected chi connectivity index (χ0v) is 17.0. The number of carbonyl (C=O) groups excluding carboxylic acids is 1. The van der Waals surface area contributed by atoms with E-state index in [0.29, 0.717) is 31.8 Å². The topological polar surface area (TPSA) is 83.9 Å². The van der Waals surface area contributed by atoms with Gasteiger partial charge in [-0.05, 0) is 49.1 Å². The summed E-state index contributed by atoms with van der Waals surface area (Å²) in [7, 11) is -1.18. The Morgan fingerprint density at radius 2 is 1.94 bits per heavy atom. The zero-order valence-electron chi connectivity index (χ0n) is 17.0. The Morgan fingerprint density at radius 3 is 2.61 bits per heavy atom. The summed E-state index contributed by atoms with van der Waals surface area (Å²) >= 11 is 0. The second kappa shape index (κ2) is 7.81. The number of fused-ring (bicyclic) bond motifs is 1. The van der Waals surface area contributed by atoms with Crippen molar-refractivity contribution in [3.05, 3.63) is 47.2 Å². The molecule has 0 aliphatic carbocycles. The molecule has 1 aromatic heterocycles. The van der Waals surface area contributed by atoms with Gasteiger partial charge in [0.05, 0.1) is 24.4 Å². The van der Waals surface area contributed by atoms with Crippen LogP contribution in [0.4, 0.5) is 24.7 Å². The number of carbonyl (C=O) groups is 1. The lowest BCUT2D eigenvalue weighted by molar-refractivity contribution is -0.141. The first kappa shape index (κ1) is 21.6. The van der Waals surface area contributed by atoms with Gasteiger partial charge in [0.15, 0.2) is 5.69 Å². The van der Waals surface area contributed by atoms with Crippen molar-refractivity contribution >= 4 is 30.0 Å². The van der Waals surface area contributed by atoms with Crippen LogP contribution >= 0.6 is 0 Å². The Labute approximate surface area is 177 Å². The highest BCUT2D eigenvalue weighted by atomic mass is 19.4. The fourth-order valence-corrected chi connectivity index (χ4v) is 3.81. The summed E-state index contributed by atoms with van der Waals surface area (Å²) in [5.74, 6) is -0.798. The first-order valence-electron chi connectivity index (χ1n) is 9.79. The van der Waals surface area contributed by atoms with E-state index in [-0.39, 0.29) is 11.5 Å². The zero-order chi connectivity index (χ0) is 22.4. The van der Waals surface area contributed by atoms with E-state index in [1.807, 2.05) is 0 Å². The molecule has 0 atom stereocenters. The smallest absolute Gasteiger partial charge is 0.423 e. The molecule has 0 bridgehead atoms. The van der Waals surface area contributed by atoms with Gasteiger partial charge < -0.3 is 24.6 Å². The van der Waals surface area contributed by atoms with Crippen LogP contribution in [0, 0.1) is 0 Å². The van der Waals surface area contributed by atoms with Crippen molar-refractivity contribution in [2.45, 2.75) is 25.6 Å². The second-order valence-corrected chi connectivity index (χ2v) is 7.90. The van der Waals surface area contributed by atoms with Gasteiger partial charge in [0.2, 0.25) is 0 Å². The summed E-state index contributed by atoms with van der Waals surface area (Å²) in [4.78, 5) is 18.1. The van der Waals surface area contributed by atoms with Crippen LogP contribution in [0.1, 0.15) is 35.5 Å². The number of benzene rings is 1. The Hall–Kier alpha value is -2.63. The Kier molecular flexibility index (Phi) is 5.44. The number of alkyl halides is 3. The molecule has 0 unspecified atom stereocenters. The number of hydrogen-bond donors (Lipinski definition) is 2. The number of nitrogens with one attached hydrogen (secondary N) is 1. The average Bonchev–Trinajstić information content (AvgIpc) is 2.95. The molecular weight excluding hydrogens is 414 g/mol. The van der Waals surface area contributed by atoms with Crippen LogP contribution in [-0.2, 0) is 21.2 Å². The van der Waals surface area contributed by atoms with Crippen LogP contribution in [0.15, 0.2) is 30.3 Å². The van der Waals surface area contributed by atoms with Crippen molar-refractivity contribution < 1.29 is 32.4 Å². The lowest BCUT2D eigenvalue weighted by Gasteiger charge is -2.28. The molecule has 1 amide bonds. The maximum absolute atomic E-state index is 13.7. The molecule has 11 heteroatoms. The SMILES string of the molecule is CC1(C)OB(O)c2cc(NC(=O)c3ccc(N4CCOCC4)nc3C(F)(F)F)ccc21. The van der Waals surface area contributed by atoms with Crippen LogP contribution in [0.5, 0.6) is 0 Å². The molecule has 2 aromatic rings. The number of morpholine rings is 1. The average molecular weight is 435 g/mol. The largest absolute Gasteiger partial charge is 0.492 e. The van der Waals surface area contributed by atoms with Crippen molar-refractivity contribution in [3.8, 4) is 0 Å². The van der Waals surface area contributed by atoms with Crippen LogP contribution < -0.4 is 15.7 Å². The maximum atomic E-state index is 13.7. The van der Waals surface area contributed by atoms with Gasteiger partial charge in [-0.2, -0.15) is 13.2 Å². The molecule has 1 aromatic carbocycles. The molecule has 0 saturated carbocycles. The van der Waals surface area contributed by atoms with Gasteiger partial charge in [-0.1, -0.05) is 6.07 Å². The number of hydrogen-bond acceptors (Lipinski definition) is 6. The first-order chi connectivity index (χ1) is 14.6. The minimum atomic E-state index is -4.80. The molecule has 0 spiro atoms. The normalized spacial score (nSPS) is 18.1. The predicted octanol–water partition coefficient (Wildman–Crippen LogP) is 2.14. The summed E-state index contributed by atoms with van der Waals surface area (Å²) in [5, 5.41) is 12.6. The summed E-state index contributed by atoms with van der Waals surface area (Å²) in [6.07, 6.45) is -4.80. The lowest BCUT2D eigenvalue weighted by atomic mass is 9.78. The number of amides is 1. The Balaban J connectivity index is 1.62. The minimum Gasteiger partial charge on any atom is -0.423 e. The van der Waals surface area contributed by atoms with E-state index in [1.165, 1.54) is 12.1 Å². The molecule has 1 fully saturated rings. The third-order valence-corrected chi connectivity index (χ3v) is 5.36. The molecule has 2 aliphatic heterocycles. The molecule has 3 heterocycles. The second-order valence-electron chi connectivity index (χ2n) is 7.90. The summed E-state index contributed by atoms with van der Waals surface area (Å²) < 4.78 is 51.7. The van der Waals surface area contributed by atoms with Crippen LogP contribution in [0.3, 0.4) is 0 Å². The van der Waals surface area contributed by atoms with Crippen LogP contribution in [0.2, 0.25) is 0 Å². The third kappa shape index (κ3) is 4.25. The molecule has 2 aliphatic rings. The predicted molar refractivity (Wildman–Crippen MR) is 108 cm³/mol. The van der Waals surface area contributed by atoms with Gasteiger partial charge in [0, 0.05) is 18.8 Å². The number of pyridine rings is 1. The van der Waals surface area contributed by atoms with E-state index in [4.69, 9.17) is 9.39 Å². The number of anilines is 2. The van der Waals surface area contributed by atoms with Gasteiger partial charge in [-0.25, -0.2) is 4.98 Å². The van der Waals surface area contributed by atoms with Gasteiger partial charge in [0.1, 0.15) is 5.82 Å². The lowest BCUT2D eigenvalue weighted by Crippen LogP contribution is -2.37. The minimum absolute atomic E-state index is 0.146. The van der Waals surface area contributed by atoms with Crippen molar-refractivity contribution in [2.24, 2.45) is 0 Å². The van der Waals surface area contributed by atoms with Crippen LogP contribution in [0.25, 0.3) is 0 Å². The maximum Gasteiger partial charge on any atom is 0.492 e. The van der Waals surface area contributed by atoms with E-state index in [2.05, 4.69) is 10.3 Å². The van der Waals surface area contributed by atoms with Crippen LogP contribution in [-0.4, -0.2) is 49.3 Å². The Morgan fingerprint density at radius 1 is 1.23 bits per heavy atom. The van der Waals surface area contributed by atoms with Gasteiger partial charge in [-0.15, -0.1) is 0 Å². The fraction of sp³-hybridized carbons (Fsp3) is 0.400. The highest BCUT2D eigenvalue weighted by Crippen LogP contribution is 2.33. The van der Waals surface area contributed by atoms with Crippen molar-refractivity contribution in [1.29, 1.82) is 0 Å². The molecule has 0 radical (unpaired) electrons. The molecule has 31 heavy (non-hydrogen) atoms. The van der Waals surface area contributed by atoms with Crippen molar-refractivity contribution in [1.82, 2.24) is 4.98 Å². The molecule has 4 rings (SSSR count). The molecule has 2 N–H and O–H groups in total. The number of ether oxygens (including phenoxy) is 1. The standard InChI is InChI=1S/C20H21BF3N3O4/c1-19(2)14-5-3-12(11-15(14)21(29)31-19)25-18(28)13-4-6-16(26-17(13)20(22,23)24)27-7-9-30-10-8-27/h3-6,11,29H,7-10H2,1-2H3,(H,25,28). The molecule has 1 saturated heterocycles. The number of nitrogens with zero attached hydrogens (tertiary/aromatic N) is 2. The summed E-state index contributed by atoms with van der Waals surface area (Å²) in [5.41, 5.74) is -1.10. The van der Waals surface area contributed by atoms with Gasteiger partial charge in [-0.3, -0.25) is 4.79 Å². The highest BCUT2D eigenvalue weighted by molar-refractivity contribution is 6.62. The van der Waals surface area contributed by atoms with Gasteiger partial charge in [0.25, 0.3) is 5.91 Å². The van der Waals surface area contributed by atoms with Gasteiger partial charge >= 0.3 is 13.3 Å². The highest BCUT2D eigenvalue weighted by Gasteiger charge is 2.41. The van der Waals surface area contributed by atoms with E-state index >= 15 is 0 Å². The molecule has 7 nitrogen and oxygen atoms in total. The molecular formula is C20H21BF3N3O4. The monoisotopic (exact) mass is 435 g/mol. The number of aromatic nitrogens is 1. The quantitative estimate of drug-likeness (QED) is 0.720. The van der Waals surface area contributed by atoms with Crippen molar-refractivity contribution in [2.75, 3.05) is 36.5 Å². The third-order valence-electron chi connectivity index (χ3n) is 5.36. The summed E-state index contributed by atoms with van der Waals surface area (Å²) in [6, 6.07) is 7.26. The number of rotatable bonds is 3. The van der Waals surface area contributed by atoms with E-state index in [9.17, 15) is 23.0 Å². The molecule has 164 valence electrons. The Bertz CT molecular complexity index is 1010. The summed E-state index contributed by atoms with van der Waals surface area (Å²) in [6.45, 7) is 5.22. The van der Waals surface area contributed by atoms with E-state index < -0.39 is 36.1 Å².